The van der Waals surface area contributed by atoms with Crippen molar-refractivity contribution in [3.05, 3.63) is 95.0 Å². The zero-order chi connectivity index (χ0) is 26.3. The normalized spacial score (nSPS) is 12.0. The Balaban J connectivity index is 2.03. The van der Waals surface area contributed by atoms with Gasteiger partial charge in [0.2, 0.25) is 11.8 Å². The number of likely N-dealkylation sites (N-methyl/N-ethyl adjacent to an activating group) is 1. The molecule has 2 amide bonds. The summed E-state index contributed by atoms with van der Waals surface area (Å²) in [6.45, 7) is 5.29. The Morgan fingerprint density at radius 3 is 2.17 bits per heavy atom. The minimum Gasteiger partial charge on any atom is -0.355 e. The van der Waals surface area contributed by atoms with Gasteiger partial charge < -0.3 is 10.2 Å². The van der Waals surface area contributed by atoms with Crippen LogP contribution in [0.1, 0.15) is 25.0 Å². The first-order valence-electron chi connectivity index (χ1n) is 11.6. The van der Waals surface area contributed by atoms with Gasteiger partial charge in [-0.2, -0.15) is 0 Å². The lowest BCUT2D eigenvalue weighted by Crippen LogP contribution is -2.51. The lowest BCUT2D eigenvalue weighted by atomic mass is 10.1. The third-order valence-electron chi connectivity index (χ3n) is 5.72. The molecule has 190 valence electrons. The Morgan fingerprint density at radius 1 is 0.944 bits per heavy atom. The fraction of sp³-hybridized carbons (Fsp3) is 0.259. The molecule has 7 nitrogen and oxygen atoms in total. The number of nitrogens with one attached hydrogen (secondary N) is 1. The molecule has 0 aliphatic rings. The first kappa shape index (κ1) is 27.2. The smallest absolute Gasteiger partial charge is 0.264 e. The number of rotatable bonds is 10. The lowest BCUT2D eigenvalue weighted by Gasteiger charge is -2.32. The maximum Gasteiger partial charge on any atom is 0.264 e. The summed E-state index contributed by atoms with van der Waals surface area (Å²) in [6, 6.07) is 21.2. The van der Waals surface area contributed by atoms with Crippen molar-refractivity contribution in [2.45, 2.75) is 38.3 Å². The molecule has 0 aliphatic heterocycles. The topological polar surface area (TPSA) is 86.8 Å². The quantitative estimate of drug-likeness (QED) is 0.423. The van der Waals surface area contributed by atoms with Crippen molar-refractivity contribution in [1.82, 2.24) is 10.2 Å². The van der Waals surface area contributed by atoms with E-state index in [0.29, 0.717) is 6.54 Å². The molecule has 0 unspecified atom stereocenters. The highest BCUT2D eigenvalue weighted by atomic mass is 35.5. The van der Waals surface area contributed by atoms with Gasteiger partial charge in [-0.3, -0.25) is 13.9 Å². The molecule has 36 heavy (non-hydrogen) atoms. The van der Waals surface area contributed by atoms with Crippen LogP contribution in [0, 0.1) is 6.92 Å². The molecule has 0 bridgehead atoms. The van der Waals surface area contributed by atoms with Gasteiger partial charge in [0.25, 0.3) is 10.0 Å². The molecule has 0 saturated heterocycles. The molecular formula is C27H30ClN3O4S. The second kappa shape index (κ2) is 12.1. The summed E-state index contributed by atoms with van der Waals surface area (Å²) in [6.07, 6.45) is 0. The number of hydrogen-bond donors (Lipinski definition) is 1. The molecule has 0 aromatic heterocycles. The molecule has 1 atom stereocenters. The van der Waals surface area contributed by atoms with Gasteiger partial charge in [0.1, 0.15) is 12.6 Å². The van der Waals surface area contributed by atoms with Gasteiger partial charge in [-0.15, -0.1) is 0 Å². The molecule has 0 aliphatic carbocycles. The molecule has 0 spiro atoms. The number of nitrogens with zero attached hydrogens (tertiary/aromatic N) is 2. The third kappa shape index (κ3) is 6.44. The highest BCUT2D eigenvalue weighted by Gasteiger charge is 2.33. The molecule has 1 N–H and O–H groups in total. The Morgan fingerprint density at radius 2 is 1.56 bits per heavy atom. The standard InChI is InChI=1S/C27H30ClN3O4S/c1-4-29-27(33)21(3)30(18-22-10-6-5-7-11-22)26(32)19-31(25-13-9-8-12-24(25)28)36(34,35)23-16-14-20(2)15-17-23/h5-17,21H,4,18-19H2,1-3H3,(H,29,33)/t21-/m0/s1. The Kier molecular flexibility index (Phi) is 9.12. The van der Waals surface area contributed by atoms with E-state index >= 15 is 0 Å². The zero-order valence-corrected chi connectivity index (χ0v) is 22.1. The van der Waals surface area contributed by atoms with Crippen LogP contribution in [0.4, 0.5) is 5.69 Å². The van der Waals surface area contributed by atoms with Gasteiger partial charge in [0.05, 0.1) is 15.6 Å². The number of hydrogen-bond acceptors (Lipinski definition) is 4. The molecule has 9 heteroatoms. The monoisotopic (exact) mass is 527 g/mol. The average Bonchev–Trinajstić information content (AvgIpc) is 2.87. The van der Waals surface area contributed by atoms with Crippen LogP contribution in [0.2, 0.25) is 5.02 Å². The van der Waals surface area contributed by atoms with Gasteiger partial charge in [0.15, 0.2) is 0 Å². The van der Waals surface area contributed by atoms with E-state index in [1.54, 1.807) is 50.2 Å². The van der Waals surface area contributed by atoms with Gasteiger partial charge >= 0.3 is 0 Å². The van der Waals surface area contributed by atoms with Crippen molar-refractivity contribution in [3.8, 4) is 0 Å². The van der Waals surface area contributed by atoms with E-state index in [1.807, 2.05) is 37.3 Å². The first-order chi connectivity index (χ1) is 17.1. The number of halogens is 1. The van der Waals surface area contributed by atoms with E-state index in [4.69, 9.17) is 11.6 Å². The summed E-state index contributed by atoms with van der Waals surface area (Å²) in [4.78, 5) is 27.8. The van der Waals surface area contributed by atoms with Crippen molar-refractivity contribution in [3.63, 3.8) is 0 Å². The van der Waals surface area contributed by atoms with Crippen molar-refractivity contribution >= 4 is 39.1 Å². The van der Waals surface area contributed by atoms with Crippen LogP contribution in [-0.4, -0.2) is 44.3 Å². The van der Waals surface area contributed by atoms with Crippen molar-refractivity contribution in [2.75, 3.05) is 17.4 Å². The number of carbonyl (C=O) groups is 2. The summed E-state index contributed by atoms with van der Waals surface area (Å²) in [5.74, 6) is -0.860. The lowest BCUT2D eigenvalue weighted by molar-refractivity contribution is -0.139. The SMILES string of the molecule is CCNC(=O)[C@H](C)N(Cc1ccccc1)C(=O)CN(c1ccccc1Cl)S(=O)(=O)c1ccc(C)cc1. The van der Waals surface area contributed by atoms with E-state index in [9.17, 15) is 18.0 Å². The molecule has 3 rings (SSSR count). The van der Waals surface area contributed by atoms with Gasteiger partial charge in [0, 0.05) is 13.1 Å². The molecule has 0 fully saturated rings. The molecule has 3 aromatic carbocycles. The molecule has 0 saturated carbocycles. The van der Waals surface area contributed by atoms with Gasteiger partial charge in [-0.05, 0) is 50.6 Å². The number of para-hydroxylation sites is 1. The minimum atomic E-state index is -4.15. The molecule has 0 heterocycles. The summed E-state index contributed by atoms with van der Waals surface area (Å²) >= 11 is 6.39. The minimum absolute atomic E-state index is 0.0344. The van der Waals surface area contributed by atoms with E-state index in [1.165, 1.54) is 17.0 Å². The van der Waals surface area contributed by atoms with Crippen LogP contribution < -0.4 is 9.62 Å². The van der Waals surface area contributed by atoms with E-state index < -0.39 is 28.5 Å². The molecule has 3 aromatic rings. The zero-order valence-electron chi connectivity index (χ0n) is 20.5. The van der Waals surface area contributed by atoms with E-state index in [0.717, 1.165) is 15.4 Å². The number of sulfonamides is 1. The summed E-state index contributed by atoms with van der Waals surface area (Å²) in [7, 11) is -4.15. The van der Waals surface area contributed by atoms with Crippen molar-refractivity contribution in [2.24, 2.45) is 0 Å². The molecular weight excluding hydrogens is 498 g/mol. The summed E-state index contributed by atoms with van der Waals surface area (Å²) in [5, 5.41) is 2.92. The van der Waals surface area contributed by atoms with Crippen molar-refractivity contribution in [1.29, 1.82) is 0 Å². The van der Waals surface area contributed by atoms with E-state index in [2.05, 4.69) is 5.32 Å². The Labute approximate surface area is 217 Å². The fourth-order valence-corrected chi connectivity index (χ4v) is 5.41. The highest BCUT2D eigenvalue weighted by molar-refractivity contribution is 7.92. The number of carbonyl (C=O) groups excluding carboxylic acids is 2. The highest BCUT2D eigenvalue weighted by Crippen LogP contribution is 2.30. The van der Waals surface area contributed by atoms with Crippen LogP contribution in [0.3, 0.4) is 0 Å². The van der Waals surface area contributed by atoms with E-state index in [-0.39, 0.29) is 28.1 Å². The maximum absolute atomic E-state index is 13.7. The number of aryl methyl sites for hydroxylation is 1. The predicted molar refractivity (Wildman–Crippen MR) is 142 cm³/mol. The van der Waals surface area contributed by atoms with Crippen LogP contribution in [0.15, 0.2) is 83.8 Å². The summed E-state index contributed by atoms with van der Waals surface area (Å²) in [5.41, 5.74) is 1.89. The van der Waals surface area contributed by atoms with Gasteiger partial charge in [-0.25, -0.2) is 8.42 Å². The Bertz CT molecular complexity index is 1300. The first-order valence-corrected chi connectivity index (χ1v) is 13.4. The number of benzene rings is 3. The predicted octanol–water partition coefficient (Wildman–Crippen LogP) is 4.40. The second-order valence-corrected chi connectivity index (χ2v) is 10.6. The average molecular weight is 528 g/mol. The second-order valence-electron chi connectivity index (χ2n) is 8.35. The largest absolute Gasteiger partial charge is 0.355 e. The van der Waals surface area contributed by atoms with Crippen LogP contribution in [0.25, 0.3) is 0 Å². The fourth-order valence-electron chi connectivity index (χ4n) is 3.69. The van der Waals surface area contributed by atoms with Crippen molar-refractivity contribution < 1.29 is 18.0 Å². The Hall–Kier alpha value is -3.36. The molecule has 0 radical (unpaired) electrons. The number of anilines is 1. The number of amides is 2. The van der Waals surface area contributed by atoms with Crippen LogP contribution in [0.5, 0.6) is 0 Å². The van der Waals surface area contributed by atoms with Crippen LogP contribution >= 0.6 is 11.6 Å². The van der Waals surface area contributed by atoms with Gasteiger partial charge in [-0.1, -0.05) is 71.8 Å². The maximum atomic E-state index is 13.7. The van der Waals surface area contributed by atoms with Crippen LogP contribution in [-0.2, 0) is 26.2 Å². The third-order valence-corrected chi connectivity index (χ3v) is 7.82. The summed E-state index contributed by atoms with van der Waals surface area (Å²) < 4.78 is 28.5.